The average Bonchev–Trinajstić information content (AvgIpc) is 2.42. The van der Waals surface area contributed by atoms with Crippen LogP contribution in [0.25, 0.3) is 0 Å². The maximum absolute atomic E-state index is 12.0. The minimum atomic E-state index is -1.20. The molecule has 0 aliphatic carbocycles. The molecule has 2 atom stereocenters. The van der Waals surface area contributed by atoms with Crippen LogP contribution in [0.5, 0.6) is 0 Å². The van der Waals surface area contributed by atoms with Gasteiger partial charge < -0.3 is 19.9 Å². The Hall–Kier alpha value is -1.63. The van der Waals surface area contributed by atoms with Crippen molar-refractivity contribution in [2.45, 2.75) is 51.7 Å². The summed E-state index contributed by atoms with van der Waals surface area (Å²) in [6, 6.07) is -1.15. The van der Waals surface area contributed by atoms with E-state index in [0.717, 1.165) is 0 Å². The van der Waals surface area contributed by atoms with E-state index in [4.69, 9.17) is 14.6 Å². The van der Waals surface area contributed by atoms with Gasteiger partial charge in [0.1, 0.15) is 11.6 Å². The summed E-state index contributed by atoms with van der Waals surface area (Å²) in [6.07, 6.45) is 0.309. The third-order valence-electron chi connectivity index (χ3n) is 3.15. The molecule has 0 saturated carbocycles. The van der Waals surface area contributed by atoms with Gasteiger partial charge >= 0.3 is 11.9 Å². The highest BCUT2D eigenvalue weighted by Crippen LogP contribution is 2.14. The van der Waals surface area contributed by atoms with Gasteiger partial charge in [0.25, 0.3) is 5.91 Å². The Kier molecular flexibility index (Phi) is 7.83. The van der Waals surface area contributed by atoms with Crippen molar-refractivity contribution in [1.29, 1.82) is 0 Å². The lowest BCUT2D eigenvalue weighted by Gasteiger charge is -2.27. The van der Waals surface area contributed by atoms with Crippen LogP contribution in [0.1, 0.15) is 40.0 Å². The summed E-state index contributed by atoms with van der Waals surface area (Å²) < 4.78 is 9.81. The summed E-state index contributed by atoms with van der Waals surface area (Å²) in [4.78, 5) is 34.3. The highest BCUT2D eigenvalue weighted by Gasteiger charge is 2.34. The molecule has 0 aromatic carbocycles. The Bertz CT molecular complexity index is 351. The summed E-state index contributed by atoms with van der Waals surface area (Å²) in [5.41, 5.74) is -1.09. The van der Waals surface area contributed by atoms with Crippen LogP contribution < -0.4 is 5.32 Å². The first kappa shape index (κ1) is 18.4. The first-order valence-electron chi connectivity index (χ1n) is 6.55. The fourth-order valence-electron chi connectivity index (χ4n) is 1.46. The first-order valence-corrected chi connectivity index (χ1v) is 6.55. The lowest BCUT2D eigenvalue weighted by molar-refractivity contribution is -0.150. The van der Waals surface area contributed by atoms with Crippen LogP contribution >= 0.6 is 0 Å². The molecule has 0 aromatic rings. The third kappa shape index (κ3) is 5.56. The summed E-state index contributed by atoms with van der Waals surface area (Å²) in [5.74, 6) is -2.20. The zero-order chi connectivity index (χ0) is 15.8. The molecule has 0 aromatic heterocycles. The molecule has 0 aliphatic heterocycles. The summed E-state index contributed by atoms with van der Waals surface area (Å²) in [5, 5.41) is 11.5. The van der Waals surface area contributed by atoms with Crippen LogP contribution in [0.2, 0.25) is 0 Å². The minimum Gasteiger partial charge on any atom is -0.480 e. The smallest absolute Gasteiger partial charge is 0.326 e. The molecule has 0 bridgehead atoms. The maximum Gasteiger partial charge on any atom is 0.326 e. The Morgan fingerprint density at radius 3 is 2.30 bits per heavy atom. The standard InChI is InChI=1S/C13H23NO6/c1-5-13(3,19-4)12(18)14-9(11(16)17)7-8-10(15)20-6-2/h9H,5-8H2,1-4H3,(H,14,18)(H,16,17)/t9-,13?/m0/s1. The lowest BCUT2D eigenvalue weighted by Crippen LogP contribution is -2.51. The molecule has 1 amide bonds. The van der Waals surface area contributed by atoms with E-state index in [-0.39, 0.29) is 19.4 Å². The fourth-order valence-corrected chi connectivity index (χ4v) is 1.46. The zero-order valence-corrected chi connectivity index (χ0v) is 12.4. The molecule has 0 fully saturated rings. The van der Waals surface area contributed by atoms with Crippen LogP contribution in [0.3, 0.4) is 0 Å². The molecule has 7 nitrogen and oxygen atoms in total. The number of ether oxygens (including phenoxy) is 2. The highest BCUT2D eigenvalue weighted by molar-refractivity contribution is 5.89. The average molecular weight is 289 g/mol. The number of aliphatic carboxylic acids is 1. The molecule has 0 radical (unpaired) electrons. The molecule has 2 N–H and O–H groups in total. The number of amides is 1. The van der Waals surface area contributed by atoms with Crippen LogP contribution in [0.4, 0.5) is 0 Å². The number of nitrogens with one attached hydrogen (secondary N) is 1. The van der Waals surface area contributed by atoms with Gasteiger partial charge in [0, 0.05) is 13.5 Å². The normalized spacial score (nSPS) is 15.0. The first-order chi connectivity index (χ1) is 9.30. The van der Waals surface area contributed by atoms with E-state index in [2.05, 4.69) is 5.32 Å². The number of hydrogen-bond acceptors (Lipinski definition) is 5. The molecule has 0 spiro atoms. The zero-order valence-electron chi connectivity index (χ0n) is 12.4. The molecule has 7 heteroatoms. The number of hydrogen-bond donors (Lipinski definition) is 2. The van der Waals surface area contributed by atoms with Crippen LogP contribution in [0, 0.1) is 0 Å². The van der Waals surface area contributed by atoms with Gasteiger partial charge in [-0.1, -0.05) is 6.92 Å². The maximum atomic E-state index is 12.0. The molecular formula is C13H23NO6. The van der Waals surface area contributed by atoms with Gasteiger partial charge in [-0.05, 0) is 26.7 Å². The van der Waals surface area contributed by atoms with Gasteiger partial charge in [0.2, 0.25) is 0 Å². The van der Waals surface area contributed by atoms with E-state index in [1.807, 2.05) is 0 Å². The molecule has 0 saturated heterocycles. The Morgan fingerprint density at radius 2 is 1.90 bits per heavy atom. The van der Waals surface area contributed by atoms with Gasteiger partial charge in [0.15, 0.2) is 0 Å². The highest BCUT2D eigenvalue weighted by atomic mass is 16.5. The monoisotopic (exact) mass is 289 g/mol. The van der Waals surface area contributed by atoms with Crippen molar-refractivity contribution < 1.29 is 29.0 Å². The van der Waals surface area contributed by atoms with Crippen molar-refractivity contribution in [3.63, 3.8) is 0 Å². The van der Waals surface area contributed by atoms with Crippen molar-refractivity contribution in [3.05, 3.63) is 0 Å². The number of carbonyl (C=O) groups excluding carboxylic acids is 2. The second-order valence-electron chi connectivity index (χ2n) is 4.50. The van der Waals surface area contributed by atoms with Crippen LogP contribution in [0.15, 0.2) is 0 Å². The number of esters is 1. The number of carbonyl (C=O) groups is 3. The molecular weight excluding hydrogens is 266 g/mol. The predicted molar refractivity (Wildman–Crippen MR) is 71.1 cm³/mol. The Balaban J connectivity index is 4.59. The van der Waals surface area contributed by atoms with Crippen LogP contribution in [-0.2, 0) is 23.9 Å². The van der Waals surface area contributed by atoms with Crippen molar-refractivity contribution in [2.75, 3.05) is 13.7 Å². The van der Waals surface area contributed by atoms with Crippen LogP contribution in [-0.4, -0.2) is 48.3 Å². The summed E-state index contributed by atoms with van der Waals surface area (Å²) in [7, 11) is 1.39. The van der Waals surface area contributed by atoms with E-state index in [1.165, 1.54) is 7.11 Å². The molecule has 0 heterocycles. The quantitative estimate of drug-likeness (QED) is 0.606. The van der Waals surface area contributed by atoms with Crippen molar-refractivity contribution in [1.82, 2.24) is 5.32 Å². The van der Waals surface area contributed by atoms with Crippen molar-refractivity contribution >= 4 is 17.8 Å². The van der Waals surface area contributed by atoms with Crippen molar-refractivity contribution in [3.8, 4) is 0 Å². The molecule has 20 heavy (non-hydrogen) atoms. The summed E-state index contributed by atoms with van der Waals surface area (Å²) in [6.45, 7) is 5.24. The van der Waals surface area contributed by atoms with Gasteiger partial charge in [0.05, 0.1) is 6.61 Å². The SMILES string of the molecule is CCOC(=O)CC[C@H](NC(=O)C(C)(CC)OC)C(=O)O. The predicted octanol–water partition coefficient (Wildman–Crippen LogP) is 0.714. The van der Waals surface area contributed by atoms with E-state index >= 15 is 0 Å². The third-order valence-corrected chi connectivity index (χ3v) is 3.15. The number of rotatable bonds is 9. The van der Waals surface area contributed by atoms with Gasteiger partial charge in [-0.25, -0.2) is 4.79 Å². The second kappa shape index (κ2) is 8.52. The largest absolute Gasteiger partial charge is 0.480 e. The van der Waals surface area contributed by atoms with E-state index < -0.39 is 29.5 Å². The number of carboxylic acid groups (broad SMARTS) is 1. The number of methoxy groups -OCH3 is 1. The minimum absolute atomic E-state index is 0.0244. The van der Waals surface area contributed by atoms with E-state index in [1.54, 1.807) is 20.8 Å². The van der Waals surface area contributed by atoms with Gasteiger partial charge in [-0.2, -0.15) is 0 Å². The van der Waals surface area contributed by atoms with E-state index in [0.29, 0.717) is 6.42 Å². The molecule has 0 rings (SSSR count). The Labute approximate surface area is 118 Å². The second-order valence-corrected chi connectivity index (χ2v) is 4.50. The number of carboxylic acids is 1. The molecule has 1 unspecified atom stereocenters. The summed E-state index contributed by atoms with van der Waals surface area (Å²) >= 11 is 0. The van der Waals surface area contributed by atoms with Gasteiger partial charge in [-0.15, -0.1) is 0 Å². The molecule has 0 aliphatic rings. The van der Waals surface area contributed by atoms with Crippen molar-refractivity contribution in [2.24, 2.45) is 0 Å². The fraction of sp³-hybridized carbons (Fsp3) is 0.769. The molecule has 116 valence electrons. The van der Waals surface area contributed by atoms with E-state index in [9.17, 15) is 14.4 Å². The Morgan fingerprint density at radius 1 is 1.30 bits per heavy atom. The topological polar surface area (TPSA) is 102 Å². The lowest BCUT2D eigenvalue weighted by atomic mass is 10.0. The van der Waals surface area contributed by atoms with Gasteiger partial charge in [-0.3, -0.25) is 9.59 Å².